The van der Waals surface area contributed by atoms with E-state index in [4.69, 9.17) is 4.74 Å². The summed E-state index contributed by atoms with van der Waals surface area (Å²) in [5.74, 6) is 0.198. The minimum absolute atomic E-state index is 0.0871. The molecule has 1 aromatic rings. The summed E-state index contributed by atoms with van der Waals surface area (Å²) in [7, 11) is 0. The van der Waals surface area contributed by atoms with Crippen LogP contribution in [0.4, 0.5) is 8.78 Å². The minimum atomic E-state index is -2.83. The van der Waals surface area contributed by atoms with Crippen molar-refractivity contribution in [2.75, 3.05) is 13.2 Å². The second kappa shape index (κ2) is 8.87. The first-order chi connectivity index (χ1) is 9.54. The van der Waals surface area contributed by atoms with Crippen LogP contribution in [0.5, 0.6) is 5.75 Å². The summed E-state index contributed by atoms with van der Waals surface area (Å²) in [5, 5.41) is 3.30. The van der Waals surface area contributed by atoms with E-state index in [9.17, 15) is 8.78 Å². The maximum absolute atomic E-state index is 12.5. The normalized spacial score (nSPS) is 12.9. The Hall–Kier alpha value is -1.20. The van der Waals surface area contributed by atoms with Crippen LogP contribution >= 0.6 is 0 Å². The van der Waals surface area contributed by atoms with Crippen molar-refractivity contribution < 1.29 is 18.3 Å². The van der Waals surface area contributed by atoms with E-state index in [0.29, 0.717) is 12.2 Å². The van der Waals surface area contributed by atoms with E-state index in [2.05, 4.69) is 17.0 Å². The van der Waals surface area contributed by atoms with Crippen LogP contribution in [0.3, 0.4) is 0 Å². The molecule has 0 aromatic heterocycles. The first-order valence-corrected chi connectivity index (χ1v) is 6.93. The average molecular weight is 287 g/mol. The fourth-order valence-electron chi connectivity index (χ4n) is 1.84. The first kappa shape index (κ1) is 16.9. The van der Waals surface area contributed by atoms with Gasteiger partial charge in [-0.1, -0.05) is 25.1 Å². The fraction of sp³-hybridized carbons (Fsp3) is 0.600. The van der Waals surface area contributed by atoms with E-state index in [-0.39, 0.29) is 17.9 Å². The monoisotopic (exact) mass is 287 g/mol. The van der Waals surface area contributed by atoms with Crippen molar-refractivity contribution >= 4 is 0 Å². The van der Waals surface area contributed by atoms with Gasteiger partial charge in [0, 0.05) is 5.56 Å². The number of benzene rings is 1. The molecule has 0 aliphatic carbocycles. The van der Waals surface area contributed by atoms with Crippen LogP contribution in [-0.4, -0.2) is 25.9 Å². The number of rotatable bonds is 9. The van der Waals surface area contributed by atoms with Gasteiger partial charge >= 0.3 is 6.61 Å². The molecule has 0 aliphatic heterocycles. The van der Waals surface area contributed by atoms with Crippen LogP contribution in [-0.2, 0) is 4.74 Å². The zero-order valence-corrected chi connectivity index (χ0v) is 12.2. The zero-order valence-electron chi connectivity index (χ0n) is 12.2. The van der Waals surface area contributed by atoms with Crippen LogP contribution in [0.15, 0.2) is 24.3 Å². The predicted molar refractivity (Wildman–Crippen MR) is 75.2 cm³/mol. The summed E-state index contributed by atoms with van der Waals surface area (Å²) >= 11 is 0. The van der Waals surface area contributed by atoms with E-state index < -0.39 is 6.61 Å². The Morgan fingerprint density at radius 3 is 2.50 bits per heavy atom. The Balaban J connectivity index is 2.87. The Morgan fingerprint density at radius 1 is 1.20 bits per heavy atom. The Labute approximate surface area is 119 Å². The van der Waals surface area contributed by atoms with Crippen LogP contribution in [0, 0.1) is 0 Å². The molecule has 0 saturated heterocycles. The Kier molecular flexibility index (Phi) is 7.47. The second-order valence-electron chi connectivity index (χ2n) is 4.81. The fourth-order valence-corrected chi connectivity index (χ4v) is 1.84. The SMILES string of the molecule is CCCNC(COC(C)C)c1ccccc1OC(F)F. The maximum atomic E-state index is 12.5. The smallest absolute Gasteiger partial charge is 0.387 e. The molecule has 1 atom stereocenters. The first-order valence-electron chi connectivity index (χ1n) is 6.93. The van der Waals surface area contributed by atoms with Gasteiger partial charge in [0.1, 0.15) is 5.75 Å². The van der Waals surface area contributed by atoms with Gasteiger partial charge in [-0.3, -0.25) is 0 Å². The molecule has 0 aliphatic rings. The molecule has 0 heterocycles. The number of nitrogens with one attached hydrogen (secondary N) is 1. The van der Waals surface area contributed by atoms with Crippen LogP contribution in [0.2, 0.25) is 0 Å². The highest BCUT2D eigenvalue weighted by Crippen LogP contribution is 2.27. The summed E-state index contributed by atoms with van der Waals surface area (Å²) in [6, 6.07) is 6.67. The van der Waals surface area contributed by atoms with Gasteiger partial charge in [-0.05, 0) is 32.9 Å². The van der Waals surface area contributed by atoms with E-state index in [0.717, 1.165) is 13.0 Å². The number of hydrogen-bond donors (Lipinski definition) is 1. The Morgan fingerprint density at radius 2 is 1.90 bits per heavy atom. The van der Waals surface area contributed by atoms with Crippen molar-refractivity contribution in [2.24, 2.45) is 0 Å². The lowest BCUT2D eigenvalue weighted by atomic mass is 10.1. The third-order valence-corrected chi connectivity index (χ3v) is 2.75. The molecule has 1 unspecified atom stereocenters. The molecule has 114 valence electrons. The number of halogens is 2. The quantitative estimate of drug-likeness (QED) is 0.750. The minimum Gasteiger partial charge on any atom is -0.434 e. The van der Waals surface area contributed by atoms with Crippen LogP contribution < -0.4 is 10.1 Å². The van der Waals surface area contributed by atoms with E-state index in [1.165, 1.54) is 0 Å². The molecule has 3 nitrogen and oxygen atoms in total. The number of hydrogen-bond acceptors (Lipinski definition) is 3. The zero-order chi connectivity index (χ0) is 15.0. The highest BCUT2D eigenvalue weighted by atomic mass is 19.3. The van der Waals surface area contributed by atoms with Gasteiger partial charge in [-0.25, -0.2) is 0 Å². The van der Waals surface area contributed by atoms with Crippen molar-refractivity contribution in [3.63, 3.8) is 0 Å². The molecule has 1 aromatic carbocycles. The summed E-state index contributed by atoms with van der Waals surface area (Å²) in [5.41, 5.74) is 0.696. The molecule has 0 saturated carbocycles. The molecular weight excluding hydrogens is 264 g/mol. The third kappa shape index (κ3) is 5.84. The predicted octanol–water partition coefficient (Wildman–Crippen LogP) is 3.75. The third-order valence-electron chi connectivity index (χ3n) is 2.75. The topological polar surface area (TPSA) is 30.5 Å². The van der Waals surface area contributed by atoms with Gasteiger partial charge in [-0.2, -0.15) is 8.78 Å². The van der Waals surface area contributed by atoms with Crippen molar-refractivity contribution in [3.05, 3.63) is 29.8 Å². The number of ether oxygens (including phenoxy) is 2. The molecule has 20 heavy (non-hydrogen) atoms. The van der Waals surface area contributed by atoms with E-state index in [1.54, 1.807) is 18.2 Å². The molecule has 1 N–H and O–H groups in total. The summed E-state index contributed by atoms with van der Waals surface area (Å²) < 4.78 is 35.1. The van der Waals surface area contributed by atoms with Gasteiger partial charge in [0.2, 0.25) is 0 Å². The highest BCUT2D eigenvalue weighted by molar-refractivity contribution is 5.36. The standard InChI is InChI=1S/C15H23F2NO2/c1-4-9-18-13(10-19-11(2)3)12-7-5-6-8-14(12)20-15(16)17/h5-8,11,13,15,18H,4,9-10H2,1-3H3. The maximum Gasteiger partial charge on any atom is 0.387 e. The lowest BCUT2D eigenvalue weighted by Crippen LogP contribution is -2.28. The summed E-state index contributed by atoms with van der Waals surface area (Å²) in [6.45, 7) is 4.32. The molecule has 1 rings (SSSR count). The molecule has 0 bridgehead atoms. The van der Waals surface area contributed by atoms with Crippen LogP contribution in [0.25, 0.3) is 0 Å². The van der Waals surface area contributed by atoms with Crippen molar-refractivity contribution in [2.45, 2.75) is 45.9 Å². The van der Waals surface area contributed by atoms with E-state index in [1.807, 2.05) is 19.9 Å². The molecule has 0 spiro atoms. The second-order valence-corrected chi connectivity index (χ2v) is 4.81. The lowest BCUT2D eigenvalue weighted by Gasteiger charge is -2.22. The lowest BCUT2D eigenvalue weighted by molar-refractivity contribution is -0.0511. The van der Waals surface area contributed by atoms with Gasteiger partial charge in [-0.15, -0.1) is 0 Å². The summed E-state index contributed by atoms with van der Waals surface area (Å²) in [6.07, 6.45) is 1.04. The highest BCUT2D eigenvalue weighted by Gasteiger charge is 2.18. The van der Waals surface area contributed by atoms with Crippen molar-refractivity contribution in [1.82, 2.24) is 5.32 Å². The number of para-hydroxylation sites is 1. The molecule has 0 fully saturated rings. The van der Waals surface area contributed by atoms with Gasteiger partial charge in [0.05, 0.1) is 18.8 Å². The van der Waals surface area contributed by atoms with Crippen LogP contribution in [0.1, 0.15) is 38.8 Å². The molecular formula is C15H23F2NO2. The summed E-state index contributed by atoms with van der Waals surface area (Å²) in [4.78, 5) is 0. The molecule has 0 radical (unpaired) electrons. The Bertz CT molecular complexity index is 386. The van der Waals surface area contributed by atoms with Crippen molar-refractivity contribution in [3.8, 4) is 5.75 Å². The number of alkyl halides is 2. The molecule has 0 amide bonds. The van der Waals surface area contributed by atoms with Gasteiger partial charge in [0.25, 0.3) is 0 Å². The molecule has 5 heteroatoms. The largest absolute Gasteiger partial charge is 0.434 e. The van der Waals surface area contributed by atoms with Gasteiger partial charge < -0.3 is 14.8 Å². The van der Waals surface area contributed by atoms with Gasteiger partial charge in [0.15, 0.2) is 0 Å². The average Bonchev–Trinajstić information content (AvgIpc) is 2.39. The van der Waals surface area contributed by atoms with Crippen molar-refractivity contribution in [1.29, 1.82) is 0 Å². The van der Waals surface area contributed by atoms with E-state index >= 15 is 0 Å².